The second-order valence-corrected chi connectivity index (χ2v) is 12.3. The van der Waals surface area contributed by atoms with Gasteiger partial charge in [0.05, 0.1) is 61.0 Å². The van der Waals surface area contributed by atoms with Gasteiger partial charge in [0.25, 0.3) is 0 Å². The summed E-state index contributed by atoms with van der Waals surface area (Å²) in [5.74, 6) is -2.20. The van der Waals surface area contributed by atoms with Crippen LogP contribution in [0.4, 0.5) is 0 Å². The van der Waals surface area contributed by atoms with Crippen molar-refractivity contribution in [2.45, 2.75) is 36.8 Å². The molecule has 0 aliphatic carbocycles. The van der Waals surface area contributed by atoms with E-state index in [2.05, 4.69) is 0 Å². The Bertz CT molecular complexity index is 1710. The number of benzene rings is 3. The van der Waals surface area contributed by atoms with E-state index in [1.807, 2.05) is 0 Å². The molecule has 5 rings (SSSR count). The number of phenols is 3. The second kappa shape index (κ2) is 17.2. The molecule has 6 N–H and O–H groups in total. The predicted octanol–water partition coefficient (Wildman–Crippen LogP) is 2.60. The maximum atomic E-state index is 12.9. The Labute approximate surface area is 305 Å². The number of esters is 1. The van der Waals surface area contributed by atoms with Crippen LogP contribution in [0.3, 0.4) is 0 Å². The first-order chi connectivity index (χ1) is 25.5. The zero-order valence-corrected chi connectivity index (χ0v) is 29.7. The molecule has 0 bridgehead atoms. The summed E-state index contributed by atoms with van der Waals surface area (Å²) >= 11 is 0. The summed E-state index contributed by atoms with van der Waals surface area (Å²) in [7, 11) is 6.90. The fourth-order valence-corrected chi connectivity index (χ4v) is 6.44. The number of phenolic OH excluding ortho intramolecular Hbond substituents is 3. The van der Waals surface area contributed by atoms with Gasteiger partial charge in [-0.15, -0.1) is 0 Å². The molecule has 8 atom stereocenters. The van der Waals surface area contributed by atoms with E-state index >= 15 is 0 Å². The number of aliphatic hydroxyl groups is 3. The molecule has 2 aliphatic rings. The van der Waals surface area contributed by atoms with Gasteiger partial charge in [-0.05, 0) is 59.2 Å². The lowest BCUT2D eigenvalue weighted by molar-refractivity contribution is -0.278. The normalized spacial score (nSPS) is 25.6. The first-order valence-electron chi connectivity index (χ1n) is 16.5. The molecule has 53 heavy (non-hydrogen) atoms. The van der Waals surface area contributed by atoms with Crippen LogP contribution >= 0.6 is 0 Å². The van der Waals surface area contributed by atoms with Gasteiger partial charge in [0.2, 0.25) is 11.5 Å². The SMILES string of the molecule is COc1cc(C=CC(=O)OC2C(OCC3C(c4cc(OC)c(O)c(OC)c4)OC(c4cc(OC)c(O)c(OC)c4)C3CO)OCC(O)C2O)ccc1O. The molecule has 0 aromatic heterocycles. The van der Waals surface area contributed by atoms with E-state index in [0.717, 1.165) is 6.08 Å². The smallest absolute Gasteiger partial charge is 0.331 e. The summed E-state index contributed by atoms with van der Waals surface area (Å²) in [6.45, 7) is -0.945. The van der Waals surface area contributed by atoms with E-state index in [9.17, 15) is 35.4 Å². The molecule has 2 heterocycles. The van der Waals surface area contributed by atoms with Crippen molar-refractivity contribution in [1.82, 2.24) is 0 Å². The Kier molecular flexibility index (Phi) is 12.8. The van der Waals surface area contributed by atoms with Gasteiger partial charge >= 0.3 is 5.97 Å². The van der Waals surface area contributed by atoms with Crippen LogP contribution in [0.1, 0.15) is 28.9 Å². The van der Waals surface area contributed by atoms with Crippen LogP contribution in [0, 0.1) is 11.8 Å². The van der Waals surface area contributed by atoms with Crippen molar-refractivity contribution >= 4 is 12.0 Å². The largest absolute Gasteiger partial charge is 0.504 e. The summed E-state index contributed by atoms with van der Waals surface area (Å²) in [5.41, 5.74) is 1.49. The van der Waals surface area contributed by atoms with E-state index < -0.39 is 61.2 Å². The molecule has 0 saturated carbocycles. The molecule has 16 heteroatoms. The summed E-state index contributed by atoms with van der Waals surface area (Å²) in [6, 6.07) is 10.7. The fraction of sp³-hybridized carbons (Fsp3) is 0.432. The van der Waals surface area contributed by atoms with Crippen LogP contribution in [0.25, 0.3) is 6.08 Å². The van der Waals surface area contributed by atoms with Crippen LogP contribution in [-0.4, -0.2) is 117 Å². The van der Waals surface area contributed by atoms with E-state index in [1.54, 1.807) is 30.3 Å². The molecule has 8 unspecified atom stereocenters. The number of methoxy groups -OCH3 is 5. The average Bonchev–Trinajstić information content (AvgIpc) is 3.54. The third-order valence-electron chi connectivity index (χ3n) is 9.24. The van der Waals surface area contributed by atoms with E-state index in [-0.39, 0.29) is 59.2 Å². The molecule has 0 radical (unpaired) electrons. The molecule has 2 fully saturated rings. The first-order valence-corrected chi connectivity index (χ1v) is 16.5. The van der Waals surface area contributed by atoms with Crippen molar-refractivity contribution < 1.29 is 78.1 Å². The van der Waals surface area contributed by atoms with E-state index in [0.29, 0.717) is 16.7 Å². The number of ether oxygens (including phenoxy) is 9. The summed E-state index contributed by atoms with van der Waals surface area (Å²) in [6.07, 6.45) is -5.00. The van der Waals surface area contributed by atoms with Crippen molar-refractivity contribution in [2.24, 2.45) is 11.8 Å². The molecule has 288 valence electrons. The highest BCUT2D eigenvalue weighted by Crippen LogP contribution is 2.53. The van der Waals surface area contributed by atoms with Crippen LogP contribution in [0.15, 0.2) is 48.5 Å². The zero-order chi connectivity index (χ0) is 38.4. The quantitative estimate of drug-likeness (QED) is 0.103. The minimum Gasteiger partial charge on any atom is -0.504 e. The highest BCUT2D eigenvalue weighted by Gasteiger charge is 2.48. The van der Waals surface area contributed by atoms with Gasteiger partial charge in [-0.3, -0.25) is 0 Å². The highest BCUT2D eigenvalue weighted by atomic mass is 16.7. The molecular formula is C37H44O16. The Morgan fingerprint density at radius 2 is 1.30 bits per heavy atom. The molecular weight excluding hydrogens is 700 g/mol. The Morgan fingerprint density at radius 3 is 1.81 bits per heavy atom. The zero-order valence-electron chi connectivity index (χ0n) is 29.7. The summed E-state index contributed by atoms with van der Waals surface area (Å²) in [4.78, 5) is 12.9. The number of rotatable bonds is 14. The molecule has 3 aromatic carbocycles. The Morgan fingerprint density at radius 1 is 0.774 bits per heavy atom. The molecule has 16 nitrogen and oxygen atoms in total. The lowest BCUT2D eigenvalue weighted by Crippen LogP contribution is -2.55. The van der Waals surface area contributed by atoms with Gasteiger partial charge in [-0.25, -0.2) is 4.79 Å². The minimum absolute atomic E-state index is 0.0838. The third-order valence-corrected chi connectivity index (χ3v) is 9.24. The number of aliphatic hydroxyl groups excluding tert-OH is 3. The van der Waals surface area contributed by atoms with Crippen molar-refractivity contribution in [3.8, 4) is 46.0 Å². The Balaban J connectivity index is 1.45. The third kappa shape index (κ3) is 8.32. The topological polar surface area (TPSA) is 222 Å². The molecule has 0 spiro atoms. The number of hydrogen-bond donors (Lipinski definition) is 6. The highest BCUT2D eigenvalue weighted by molar-refractivity contribution is 5.87. The number of aromatic hydroxyl groups is 3. The second-order valence-electron chi connectivity index (χ2n) is 12.3. The molecule has 2 saturated heterocycles. The van der Waals surface area contributed by atoms with Crippen LogP contribution in [0.2, 0.25) is 0 Å². The maximum Gasteiger partial charge on any atom is 0.331 e. The van der Waals surface area contributed by atoms with Gasteiger partial charge in [-0.2, -0.15) is 0 Å². The van der Waals surface area contributed by atoms with Gasteiger partial charge in [0.15, 0.2) is 46.9 Å². The lowest BCUT2D eigenvalue weighted by Gasteiger charge is -2.38. The number of hydrogen-bond acceptors (Lipinski definition) is 16. The standard InChI is InChI=1S/C37H44O16/c1-45-25-10-18(6-8-23(25)39)7-9-30(41)52-36-31(42)24(40)17-51-37(36)50-16-22-21(15-38)34(19-11-26(46-2)32(43)27(12-19)47-3)53-35(22)20-13-28(48-4)33(44)29(14-20)49-5/h6-14,21-22,24,31,34-40,42-44H,15-17H2,1-5H3. The summed E-state index contributed by atoms with van der Waals surface area (Å²) < 4.78 is 50.6. The van der Waals surface area contributed by atoms with Gasteiger partial charge in [0, 0.05) is 24.5 Å². The van der Waals surface area contributed by atoms with Crippen LogP contribution in [-0.2, 0) is 23.7 Å². The van der Waals surface area contributed by atoms with Crippen LogP contribution in [0.5, 0.6) is 46.0 Å². The molecule has 0 amide bonds. The molecule has 2 aliphatic heterocycles. The van der Waals surface area contributed by atoms with Crippen molar-refractivity contribution in [1.29, 1.82) is 0 Å². The Hall–Kier alpha value is -4.97. The van der Waals surface area contributed by atoms with E-state index in [4.69, 9.17) is 42.6 Å². The first kappa shape index (κ1) is 39.2. The van der Waals surface area contributed by atoms with Gasteiger partial charge < -0.3 is 73.3 Å². The monoisotopic (exact) mass is 744 g/mol. The summed E-state index contributed by atoms with van der Waals surface area (Å²) in [5, 5.41) is 63.2. The predicted molar refractivity (Wildman–Crippen MR) is 184 cm³/mol. The number of carbonyl (C=O) groups is 1. The lowest BCUT2D eigenvalue weighted by atomic mass is 9.83. The van der Waals surface area contributed by atoms with Gasteiger partial charge in [-0.1, -0.05) is 6.07 Å². The van der Waals surface area contributed by atoms with Crippen molar-refractivity contribution in [3.63, 3.8) is 0 Å². The van der Waals surface area contributed by atoms with E-state index in [1.165, 1.54) is 53.8 Å². The average molecular weight is 745 g/mol. The van der Waals surface area contributed by atoms with Crippen molar-refractivity contribution in [2.75, 3.05) is 55.4 Å². The molecule has 3 aromatic rings. The fourth-order valence-electron chi connectivity index (χ4n) is 6.44. The number of carbonyl (C=O) groups excluding carboxylic acids is 1. The van der Waals surface area contributed by atoms with Crippen LogP contribution < -0.4 is 23.7 Å². The van der Waals surface area contributed by atoms with Crippen molar-refractivity contribution in [3.05, 3.63) is 65.2 Å². The minimum atomic E-state index is -1.58. The maximum absolute atomic E-state index is 12.9. The van der Waals surface area contributed by atoms with Gasteiger partial charge in [0.1, 0.15) is 12.2 Å².